The van der Waals surface area contributed by atoms with Crippen molar-refractivity contribution in [1.29, 1.82) is 0 Å². The summed E-state index contributed by atoms with van der Waals surface area (Å²) in [7, 11) is -3.33. The summed E-state index contributed by atoms with van der Waals surface area (Å²) in [6.45, 7) is 0.196. The Balaban J connectivity index is 2.33. The van der Waals surface area contributed by atoms with Crippen molar-refractivity contribution in [3.05, 3.63) is 24.3 Å². The molecule has 0 radical (unpaired) electrons. The Hall–Kier alpha value is -1.89. The Morgan fingerprint density at radius 1 is 1.42 bits per heavy atom. The van der Waals surface area contributed by atoms with E-state index in [1.54, 1.807) is 12.1 Å². The fourth-order valence-corrected chi connectivity index (χ4v) is 2.69. The van der Waals surface area contributed by atoms with Crippen LogP contribution in [-0.2, 0) is 19.4 Å². The maximum Gasteiger partial charge on any atom is 0.227 e. The van der Waals surface area contributed by atoms with Crippen molar-refractivity contribution in [2.45, 2.75) is 11.3 Å². The average molecular weight is 282 g/mol. The van der Waals surface area contributed by atoms with Crippen LogP contribution in [0.15, 0.2) is 29.2 Å². The number of hydrogen-bond donors (Lipinski definition) is 1. The first-order chi connectivity index (χ1) is 8.79. The number of primary amides is 1. The molecule has 1 aliphatic heterocycles. The number of hydrogen-bond acceptors (Lipinski definition) is 4. The van der Waals surface area contributed by atoms with Gasteiger partial charge in [0, 0.05) is 24.9 Å². The van der Waals surface area contributed by atoms with Gasteiger partial charge >= 0.3 is 0 Å². The van der Waals surface area contributed by atoms with Gasteiger partial charge in [-0.1, -0.05) is 6.07 Å². The lowest BCUT2D eigenvalue weighted by atomic mass is 10.1. The first kappa shape index (κ1) is 13.5. The van der Waals surface area contributed by atoms with Crippen molar-refractivity contribution < 1.29 is 18.0 Å². The van der Waals surface area contributed by atoms with E-state index in [4.69, 9.17) is 5.73 Å². The molecule has 1 saturated heterocycles. The highest BCUT2D eigenvalue weighted by Gasteiger charge is 2.34. The minimum absolute atomic E-state index is 0.0679. The zero-order chi connectivity index (χ0) is 14.2. The number of carbonyl (C=O) groups excluding carboxylic acids is 2. The van der Waals surface area contributed by atoms with Crippen LogP contribution in [0.3, 0.4) is 0 Å². The van der Waals surface area contributed by atoms with Gasteiger partial charge in [0.15, 0.2) is 9.84 Å². The normalized spacial score (nSPS) is 19.7. The van der Waals surface area contributed by atoms with E-state index in [0.29, 0.717) is 5.69 Å². The summed E-state index contributed by atoms with van der Waals surface area (Å²) in [6, 6.07) is 6.09. The van der Waals surface area contributed by atoms with Crippen LogP contribution in [-0.4, -0.2) is 33.0 Å². The molecule has 1 aromatic rings. The third kappa shape index (κ3) is 2.76. The molecule has 1 aromatic carbocycles. The number of sulfone groups is 1. The highest BCUT2D eigenvalue weighted by molar-refractivity contribution is 7.90. The molecule has 7 heteroatoms. The molecule has 2 rings (SSSR count). The average Bonchev–Trinajstić information content (AvgIpc) is 2.71. The van der Waals surface area contributed by atoms with Crippen LogP contribution >= 0.6 is 0 Å². The lowest BCUT2D eigenvalue weighted by Gasteiger charge is -2.16. The van der Waals surface area contributed by atoms with E-state index in [0.717, 1.165) is 6.26 Å². The van der Waals surface area contributed by atoms with E-state index in [2.05, 4.69) is 0 Å². The van der Waals surface area contributed by atoms with Crippen LogP contribution < -0.4 is 10.6 Å². The Labute approximate surface area is 111 Å². The highest BCUT2D eigenvalue weighted by Crippen LogP contribution is 2.26. The fraction of sp³-hybridized carbons (Fsp3) is 0.333. The van der Waals surface area contributed by atoms with Gasteiger partial charge in [-0.3, -0.25) is 9.59 Å². The van der Waals surface area contributed by atoms with Gasteiger partial charge in [-0.15, -0.1) is 0 Å². The second kappa shape index (κ2) is 4.65. The van der Waals surface area contributed by atoms with E-state index in [1.165, 1.54) is 17.0 Å². The van der Waals surface area contributed by atoms with Gasteiger partial charge in [-0.2, -0.15) is 0 Å². The van der Waals surface area contributed by atoms with Crippen LogP contribution in [0, 0.1) is 5.92 Å². The van der Waals surface area contributed by atoms with Crippen molar-refractivity contribution in [2.75, 3.05) is 17.7 Å². The molecule has 0 saturated carbocycles. The van der Waals surface area contributed by atoms with Crippen LogP contribution in [0.25, 0.3) is 0 Å². The smallest absolute Gasteiger partial charge is 0.227 e. The maximum absolute atomic E-state index is 11.8. The second-order valence-corrected chi connectivity index (χ2v) is 6.59. The van der Waals surface area contributed by atoms with Crippen molar-refractivity contribution in [3.63, 3.8) is 0 Å². The summed E-state index contributed by atoms with van der Waals surface area (Å²) >= 11 is 0. The molecule has 0 bridgehead atoms. The van der Waals surface area contributed by atoms with Crippen LogP contribution in [0.1, 0.15) is 6.42 Å². The molecule has 2 N–H and O–H groups in total. The second-order valence-electron chi connectivity index (χ2n) is 4.58. The number of benzene rings is 1. The van der Waals surface area contributed by atoms with E-state index in [9.17, 15) is 18.0 Å². The van der Waals surface area contributed by atoms with E-state index in [1.807, 2.05) is 0 Å². The summed E-state index contributed by atoms with van der Waals surface area (Å²) in [5, 5.41) is 0. The van der Waals surface area contributed by atoms with Crippen LogP contribution in [0.4, 0.5) is 5.69 Å². The molecular formula is C12H14N2O4S. The van der Waals surface area contributed by atoms with E-state index < -0.39 is 21.7 Å². The van der Waals surface area contributed by atoms with Gasteiger partial charge in [0.1, 0.15) is 0 Å². The molecule has 1 heterocycles. The standard InChI is InChI=1S/C12H14N2O4S/c1-19(17,18)10-4-2-3-9(6-10)14-7-8(12(13)16)5-11(14)15/h2-4,6,8H,5,7H2,1H3,(H2,13,16). The number of nitrogens with two attached hydrogens (primary N) is 1. The minimum atomic E-state index is -3.33. The molecule has 0 spiro atoms. The topological polar surface area (TPSA) is 97.5 Å². The molecule has 0 aliphatic carbocycles. The predicted molar refractivity (Wildman–Crippen MR) is 69.2 cm³/mol. The fourth-order valence-electron chi connectivity index (χ4n) is 2.03. The number of rotatable bonds is 3. The molecule has 1 unspecified atom stereocenters. The number of carbonyl (C=O) groups is 2. The number of anilines is 1. The highest BCUT2D eigenvalue weighted by atomic mass is 32.2. The number of nitrogens with zero attached hydrogens (tertiary/aromatic N) is 1. The zero-order valence-electron chi connectivity index (χ0n) is 10.4. The van der Waals surface area contributed by atoms with Crippen molar-refractivity contribution in [1.82, 2.24) is 0 Å². The number of amides is 2. The summed E-state index contributed by atoms with van der Waals surface area (Å²) in [6.07, 6.45) is 1.17. The van der Waals surface area contributed by atoms with E-state index >= 15 is 0 Å². The first-order valence-electron chi connectivity index (χ1n) is 5.69. The molecule has 2 amide bonds. The monoisotopic (exact) mass is 282 g/mol. The van der Waals surface area contributed by atoms with Gasteiger partial charge < -0.3 is 10.6 Å². The first-order valence-corrected chi connectivity index (χ1v) is 7.58. The summed E-state index contributed by atoms with van der Waals surface area (Å²) < 4.78 is 23.0. The van der Waals surface area contributed by atoms with Crippen molar-refractivity contribution in [2.24, 2.45) is 11.7 Å². The quantitative estimate of drug-likeness (QED) is 0.839. The zero-order valence-corrected chi connectivity index (χ0v) is 11.2. The summed E-state index contributed by atoms with van der Waals surface area (Å²) in [5.41, 5.74) is 5.65. The van der Waals surface area contributed by atoms with Gasteiger partial charge in [-0.25, -0.2) is 8.42 Å². The molecule has 1 fully saturated rings. The summed E-state index contributed by atoms with van der Waals surface area (Å²) in [4.78, 5) is 24.4. The maximum atomic E-state index is 11.8. The molecule has 19 heavy (non-hydrogen) atoms. The van der Waals surface area contributed by atoms with Crippen molar-refractivity contribution in [3.8, 4) is 0 Å². The third-order valence-electron chi connectivity index (χ3n) is 3.08. The lowest BCUT2D eigenvalue weighted by Crippen LogP contribution is -2.28. The van der Waals surface area contributed by atoms with Gasteiger partial charge in [-0.05, 0) is 18.2 Å². The summed E-state index contributed by atoms with van der Waals surface area (Å²) in [5.74, 6) is -1.26. The van der Waals surface area contributed by atoms with Crippen LogP contribution in [0.5, 0.6) is 0 Å². The molecule has 1 aliphatic rings. The Kier molecular flexibility index (Phi) is 3.32. The molecule has 6 nitrogen and oxygen atoms in total. The Morgan fingerprint density at radius 2 is 2.11 bits per heavy atom. The predicted octanol–water partition coefficient (Wildman–Crippen LogP) is -0.0717. The third-order valence-corrected chi connectivity index (χ3v) is 4.20. The lowest BCUT2D eigenvalue weighted by molar-refractivity contribution is -0.123. The van der Waals surface area contributed by atoms with Gasteiger partial charge in [0.05, 0.1) is 10.8 Å². The molecule has 0 aromatic heterocycles. The van der Waals surface area contributed by atoms with E-state index in [-0.39, 0.29) is 23.8 Å². The largest absolute Gasteiger partial charge is 0.369 e. The van der Waals surface area contributed by atoms with Crippen molar-refractivity contribution >= 4 is 27.3 Å². The molecule has 102 valence electrons. The Bertz CT molecular complexity index is 639. The van der Waals surface area contributed by atoms with Crippen LogP contribution in [0.2, 0.25) is 0 Å². The van der Waals surface area contributed by atoms with Gasteiger partial charge in [0.2, 0.25) is 11.8 Å². The molecule has 1 atom stereocenters. The van der Waals surface area contributed by atoms with Gasteiger partial charge in [0.25, 0.3) is 0 Å². The Morgan fingerprint density at radius 3 is 2.63 bits per heavy atom. The SMILES string of the molecule is CS(=O)(=O)c1cccc(N2CC(C(N)=O)CC2=O)c1. The molecular weight excluding hydrogens is 268 g/mol. The minimum Gasteiger partial charge on any atom is -0.369 e.